The molecule has 1 aliphatic rings. The molecule has 0 bridgehead atoms. The van der Waals surface area contributed by atoms with E-state index >= 15 is 0 Å². The van der Waals surface area contributed by atoms with Crippen LogP contribution in [0.5, 0.6) is 0 Å². The second-order valence-corrected chi connectivity index (χ2v) is 3.43. The Kier molecular flexibility index (Phi) is 3.23. The van der Waals surface area contributed by atoms with Crippen molar-refractivity contribution in [2.24, 2.45) is 11.8 Å². The molecule has 3 nitrogen and oxygen atoms in total. The van der Waals surface area contributed by atoms with Crippen molar-refractivity contribution >= 4 is 17.2 Å². The van der Waals surface area contributed by atoms with E-state index in [1.165, 1.54) is 6.42 Å². The third-order valence-electron chi connectivity index (χ3n) is 2.26. The maximum atomic E-state index is 5.16. The van der Waals surface area contributed by atoms with Crippen LogP contribution in [0.15, 0.2) is 0 Å². The van der Waals surface area contributed by atoms with Gasteiger partial charge in [0.1, 0.15) is 0 Å². The molecule has 0 radical (unpaired) electrons. The fraction of sp³-hybridized carbons (Fsp3) is 0.857. The van der Waals surface area contributed by atoms with Gasteiger partial charge in [-0.3, -0.25) is 0 Å². The molecule has 0 aromatic rings. The summed E-state index contributed by atoms with van der Waals surface area (Å²) in [6, 6.07) is 0. The number of rotatable bonds is 2. The molecule has 1 fully saturated rings. The maximum Gasteiger partial charge on any atom is 0.0953 e. The fourth-order valence-electron chi connectivity index (χ4n) is 1.20. The molecule has 1 heterocycles. The van der Waals surface area contributed by atoms with E-state index in [4.69, 9.17) is 12.2 Å². The average Bonchev–Trinajstić information content (AvgIpc) is 2.04. The van der Waals surface area contributed by atoms with Gasteiger partial charge in [-0.25, -0.2) is 5.43 Å². The van der Waals surface area contributed by atoms with Crippen LogP contribution in [-0.4, -0.2) is 11.5 Å². The van der Waals surface area contributed by atoms with E-state index < -0.39 is 0 Å². The van der Waals surface area contributed by atoms with Crippen molar-refractivity contribution in [1.29, 1.82) is 0 Å². The average molecular weight is 173 g/mol. The molecule has 1 saturated heterocycles. The molecule has 11 heavy (non-hydrogen) atoms. The minimum atomic E-state index is 0.483. The third-order valence-corrected chi connectivity index (χ3v) is 2.67. The minimum absolute atomic E-state index is 0.483. The van der Waals surface area contributed by atoms with Crippen molar-refractivity contribution in [3.05, 3.63) is 0 Å². The highest BCUT2D eigenvalue weighted by Gasteiger charge is 2.22. The maximum absolute atomic E-state index is 5.16. The molecule has 3 N–H and O–H groups in total. The molecule has 1 aliphatic heterocycles. The Morgan fingerprint density at radius 2 is 2.45 bits per heavy atom. The predicted octanol–water partition coefficient (Wildman–Crippen LogP) is 0.589. The van der Waals surface area contributed by atoms with Crippen LogP contribution in [0.25, 0.3) is 0 Å². The van der Waals surface area contributed by atoms with Gasteiger partial charge in [0.15, 0.2) is 0 Å². The molecule has 1 rings (SSSR count). The highest BCUT2D eigenvalue weighted by atomic mass is 32.1. The summed E-state index contributed by atoms with van der Waals surface area (Å²) in [7, 11) is 0. The molecular weight excluding hydrogens is 158 g/mol. The number of hydrazine groups is 2. The Morgan fingerprint density at radius 1 is 1.73 bits per heavy atom. The molecule has 0 aliphatic carbocycles. The van der Waals surface area contributed by atoms with Crippen LogP contribution in [0.4, 0.5) is 0 Å². The molecular formula is C7H15N3S. The lowest BCUT2D eigenvalue weighted by molar-refractivity contribution is 0.340. The highest BCUT2D eigenvalue weighted by molar-refractivity contribution is 7.80. The lowest BCUT2D eigenvalue weighted by Crippen LogP contribution is -2.58. The predicted molar refractivity (Wildman–Crippen MR) is 49.8 cm³/mol. The van der Waals surface area contributed by atoms with Crippen LogP contribution in [0, 0.1) is 11.8 Å². The summed E-state index contributed by atoms with van der Waals surface area (Å²) in [5.41, 5.74) is 8.75. The van der Waals surface area contributed by atoms with E-state index in [1.54, 1.807) is 0 Å². The van der Waals surface area contributed by atoms with Gasteiger partial charge in [0.2, 0.25) is 0 Å². The van der Waals surface area contributed by atoms with Gasteiger partial charge in [-0.05, 0) is 5.92 Å². The normalized spacial score (nSPS) is 27.8. The van der Waals surface area contributed by atoms with Gasteiger partial charge in [-0.15, -0.1) is 0 Å². The minimum Gasteiger partial charge on any atom is -0.302 e. The van der Waals surface area contributed by atoms with Crippen molar-refractivity contribution in [2.45, 2.75) is 20.3 Å². The van der Waals surface area contributed by atoms with E-state index in [9.17, 15) is 0 Å². The molecule has 0 aromatic heterocycles. The van der Waals surface area contributed by atoms with E-state index in [2.05, 4.69) is 30.2 Å². The van der Waals surface area contributed by atoms with Gasteiger partial charge in [-0.2, -0.15) is 5.53 Å². The van der Waals surface area contributed by atoms with Crippen LogP contribution < -0.4 is 16.4 Å². The monoisotopic (exact) mass is 173 g/mol. The Balaban J connectivity index is 2.47. The highest BCUT2D eigenvalue weighted by Crippen LogP contribution is 2.16. The smallest absolute Gasteiger partial charge is 0.0953 e. The fourth-order valence-corrected chi connectivity index (χ4v) is 1.56. The number of hydrogen-bond acceptors (Lipinski definition) is 3. The molecule has 2 atom stereocenters. The number of thiocarbonyl (C=S) groups is 1. The topological polar surface area (TPSA) is 36.1 Å². The van der Waals surface area contributed by atoms with Crippen LogP contribution in [0.2, 0.25) is 0 Å². The van der Waals surface area contributed by atoms with Gasteiger partial charge in [0, 0.05) is 12.5 Å². The number of hydrogen-bond donors (Lipinski definition) is 3. The zero-order chi connectivity index (χ0) is 8.27. The van der Waals surface area contributed by atoms with Crippen molar-refractivity contribution in [3.8, 4) is 0 Å². The van der Waals surface area contributed by atoms with Gasteiger partial charge >= 0.3 is 0 Å². The second kappa shape index (κ2) is 3.99. The third kappa shape index (κ3) is 2.12. The standard InChI is InChI=1S/C7H15N3S/c1-3-5(2)6-4-8-10-9-7(6)11/h5-6,8,10H,3-4H2,1-2H3,(H,9,11)/t5?,6-/m1/s1. The van der Waals surface area contributed by atoms with Crippen molar-refractivity contribution in [2.75, 3.05) is 6.54 Å². The molecule has 4 heteroatoms. The summed E-state index contributed by atoms with van der Waals surface area (Å²) in [6.07, 6.45) is 1.17. The summed E-state index contributed by atoms with van der Waals surface area (Å²) in [6.45, 7) is 5.35. The summed E-state index contributed by atoms with van der Waals surface area (Å²) in [5.74, 6) is 1.14. The van der Waals surface area contributed by atoms with Crippen molar-refractivity contribution < 1.29 is 0 Å². The van der Waals surface area contributed by atoms with E-state index in [1.807, 2.05) is 0 Å². The van der Waals surface area contributed by atoms with Crippen molar-refractivity contribution in [3.63, 3.8) is 0 Å². The lowest BCUT2D eigenvalue weighted by atomic mass is 9.91. The summed E-state index contributed by atoms with van der Waals surface area (Å²) >= 11 is 5.16. The van der Waals surface area contributed by atoms with Crippen molar-refractivity contribution in [1.82, 2.24) is 16.4 Å². The first-order chi connectivity index (χ1) is 5.25. The summed E-state index contributed by atoms with van der Waals surface area (Å²) in [4.78, 5) is 0.929. The zero-order valence-corrected chi connectivity index (χ0v) is 7.79. The van der Waals surface area contributed by atoms with E-state index in [0.29, 0.717) is 11.8 Å². The molecule has 0 aromatic carbocycles. The van der Waals surface area contributed by atoms with E-state index in [0.717, 1.165) is 11.5 Å². The first-order valence-corrected chi connectivity index (χ1v) is 4.44. The van der Waals surface area contributed by atoms with Crippen LogP contribution in [0.3, 0.4) is 0 Å². The Bertz CT molecular complexity index is 149. The summed E-state index contributed by atoms with van der Waals surface area (Å²) in [5, 5.41) is 0. The first kappa shape index (κ1) is 8.90. The quantitative estimate of drug-likeness (QED) is 0.534. The Morgan fingerprint density at radius 3 is 3.00 bits per heavy atom. The van der Waals surface area contributed by atoms with Gasteiger partial charge in [0.05, 0.1) is 4.99 Å². The van der Waals surface area contributed by atoms with Crippen LogP contribution in [-0.2, 0) is 0 Å². The lowest BCUT2D eigenvalue weighted by Gasteiger charge is -2.29. The van der Waals surface area contributed by atoms with Gasteiger partial charge < -0.3 is 5.43 Å². The second-order valence-electron chi connectivity index (χ2n) is 2.99. The Labute approximate surface area is 72.9 Å². The zero-order valence-electron chi connectivity index (χ0n) is 6.98. The first-order valence-electron chi connectivity index (χ1n) is 4.03. The van der Waals surface area contributed by atoms with E-state index in [-0.39, 0.29) is 0 Å². The van der Waals surface area contributed by atoms with Crippen LogP contribution in [0.1, 0.15) is 20.3 Å². The SMILES string of the molecule is CCC(C)[C@H]1CNNNC1=S. The van der Waals surface area contributed by atoms with Gasteiger partial charge in [0.25, 0.3) is 0 Å². The number of nitrogens with one attached hydrogen (secondary N) is 3. The largest absolute Gasteiger partial charge is 0.302 e. The Hall–Kier alpha value is -0.190. The molecule has 0 saturated carbocycles. The molecule has 0 amide bonds. The van der Waals surface area contributed by atoms with Crippen LogP contribution >= 0.6 is 12.2 Å². The molecule has 64 valence electrons. The molecule has 1 unspecified atom stereocenters. The summed E-state index contributed by atoms with van der Waals surface area (Å²) < 4.78 is 0. The molecule has 0 spiro atoms. The van der Waals surface area contributed by atoms with Gasteiger partial charge in [-0.1, -0.05) is 32.5 Å².